The number of nitrogens with one attached hydrogen (secondary N) is 1. The number of carbonyl (C=O) groups is 1. The number of fused-ring (bicyclic) bond motifs is 2. The van der Waals surface area contributed by atoms with Crippen LogP contribution in [0.4, 0.5) is 27.1 Å². The summed E-state index contributed by atoms with van der Waals surface area (Å²) in [5.74, 6) is -1.31. The van der Waals surface area contributed by atoms with E-state index in [-0.39, 0.29) is 10.6 Å². The summed E-state index contributed by atoms with van der Waals surface area (Å²) >= 11 is 6.17. The van der Waals surface area contributed by atoms with Gasteiger partial charge in [0.25, 0.3) is 0 Å². The van der Waals surface area contributed by atoms with E-state index in [0.29, 0.717) is 13.2 Å². The minimum Gasteiger partial charge on any atom is -0.382 e. The van der Waals surface area contributed by atoms with Crippen LogP contribution in [0.25, 0.3) is 10.9 Å². The zero-order valence-electron chi connectivity index (χ0n) is 21.0. The number of methoxy groups -OCH3 is 1. The first-order chi connectivity index (χ1) is 17.8. The average molecular weight is 524 g/mol. The van der Waals surface area contributed by atoms with Crippen molar-refractivity contribution in [1.82, 2.24) is 10.2 Å². The smallest absolute Gasteiger partial charge is 0.316 e. The van der Waals surface area contributed by atoms with Gasteiger partial charge in [0.05, 0.1) is 40.3 Å². The van der Waals surface area contributed by atoms with E-state index in [1.165, 1.54) is 6.07 Å². The van der Waals surface area contributed by atoms with Gasteiger partial charge in [-0.25, -0.2) is 4.39 Å². The second-order valence-corrected chi connectivity index (χ2v) is 9.10. The summed E-state index contributed by atoms with van der Waals surface area (Å²) in [5.41, 5.74) is 3.71. The maximum Gasteiger partial charge on any atom is 0.316 e. The van der Waals surface area contributed by atoms with Crippen LogP contribution < -0.4 is 9.80 Å². The molecular weight excluding hydrogens is 497 g/mol. The fourth-order valence-corrected chi connectivity index (χ4v) is 4.89. The lowest BCUT2D eigenvalue weighted by molar-refractivity contribution is 0.100. The highest BCUT2D eigenvalue weighted by Crippen LogP contribution is 2.49. The average Bonchev–Trinajstić information content (AvgIpc) is 3.37. The van der Waals surface area contributed by atoms with E-state index in [9.17, 15) is 14.1 Å². The van der Waals surface area contributed by atoms with Crippen molar-refractivity contribution in [1.29, 1.82) is 0 Å². The van der Waals surface area contributed by atoms with Gasteiger partial charge in [0.15, 0.2) is 0 Å². The third kappa shape index (κ3) is 4.80. The largest absolute Gasteiger partial charge is 0.382 e. The van der Waals surface area contributed by atoms with Crippen LogP contribution in [0.3, 0.4) is 0 Å². The Morgan fingerprint density at radius 1 is 1.14 bits per heavy atom. The van der Waals surface area contributed by atoms with Crippen LogP contribution in [-0.4, -0.2) is 41.9 Å². The lowest BCUT2D eigenvalue weighted by Gasteiger charge is -2.51. The third-order valence-electron chi connectivity index (χ3n) is 6.23. The normalized spacial score (nSPS) is 16.7. The van der Waals surface area contributed by atoms with Crippen LogP contribution in [-0.2, 0) is 4.74 Å². The molecule has 2 heterocycles. The topological polar surface area (TPSA) is 90.9 Å². The van der Waals surface area contributed by atoms with Crippen LogP contribution in [0, 0.1) is 10.7 Å². The van der Waals surface area contributed by atoms with E-state index >= 15 is 0 Å². The summed E-state index contributed by atoms with van der Waals surface area (Å²) in [6.45, 7) is 6.90. The molecule has 192 valence electrons. The SMILES string of the molecule is CC.COC[C@]1(C)CN(c2ccc(C(=O)N=O)cc2)c2cc3[nH]ncc3cc2N1c1ccc(F)c(Cl)c1. The van der Waals surface area contributed by atoms with Gasteiger partial charge in [-0.2, -0.15) is 5.10 Å². The first kappa shape index (κ1) is 26.2. The van der Waals surface area contributed by atoms with Crippen molar-refractivity contribution in [3.63, 3.8) is 0 Å². The highest BCUT2D eigenvalue weighted by Gasteiger charge is 2.42. The Bertz CT molecular complexity index is 1440. The molecule has 1 aliphatic rings. The molecule has 1 N–H and O–H groups in total. The zero-order valence-corrected chi connectivity index (χ0v) is 21.7. The van der Waals surface area contributed by atoms with Crippen LogP contribution in [0.1, 0.15) is 31.1 Å². The molecule has 0 radical (unpaired) electrons. The number of ether oxygens (including phenoxy) is 1. The second kappa shape index (κ2) is 10.7. The van der Waals surface area contributed by atoms with Crippen LogP contribution >= 0.6 is 11.6 Å². The lowest BCUT2D eigenvalue weighted by atomic mass is 9.92. The first-order valence-electron chi connectivity index (χ1n) is 11.8. The number of hydrogen-bond acceptors (Lipinski definition) is 6. The number of nitroso groups, excluding NO2 is 1. The molecule has 0 bridgehead atoms. The molecule has 8 nitrogen and oxygen atoms in total. The number of amides is 1. The van der Waals surface area contributed by atoms with Gasteiger partial charge in [0, 0.05) is 41.2 Å². The molecular formula is C27H27ClFN5O3. The number of anilines is 4. The molecule has 10 heteroatoms. The lowest BCUT2D eigenvalue weighted by Crippen LogP contribution is -2.57. The second-order valence-electron chi connectivity index (χ2n) is 8.69. The molecule has 1 amide bonds. The fourth-order valence-electron chi connectivity index (χ4n) is 4.71. The summed E-state index contributed by atoms with van der Waals surface area (Å²) in [7, 11) is 1.63. The summed E-state index contributed by atoms with van der Waals surface area (Å²) in [6, 6.07) is 15.4. The Balaban J connectivity index is 0.00000156. The van der Waals surface area contributed by atoms with Gasteiger partial charge in [0.1, 0.15) is 5.82 Å². The molecule has 0 spiro atoms. The van der Waals surface area contributed by atoms with E-state index in [1.54, 1.807) is 49.7 Å². The maximum absolute atomic E-state index is 14.0. The summed E-state index contributed by atoms with van der Waals surface area (Å²) in [6.07, 6.45) is 1.74. The molecule has 1 aliphatic heterocycles. The van der Waals surface area contributed by atoms with Crippen molar-refractivity contribution in [2.24, 2.45) is 5.18 Å². The highest BCUT2D eigenvalue weighted by atomic mass is 35.5. The standard InChI is InChI=1S/C25H21ClFN5O3.C2H6/c1-25(14-35-2)13-31(17-5-3-15(4-6-17)24(33)30-34)22-11-21-16(12-28-29-21)9-23(22)32(25)18-7-8-20(27)19(26)10-18;1-2/h3-12H,13-14H2,1-2H3,(H,28,29);1-2H3/t25-;/m0./s1. The van der Waals surface area contributed by atoms with Gasteiger partial charge in [-0.1, -0.05) is 25.4 Å². The Morgan fingerprint density at radius 2 is 1.84 bits per heavy atom. The Labute approximate surface area is 219 Å². The molecule has 0 saturated carbocycles. The Morgan fingerprint density at radius 3 is 2.49 bits per heavy atom. The van der Waals surface area contributed by atoms with Crippen molar-refractivity contribution in [2.75, 3.05) is 30.1 Å². The molecule has 3 aromatic carbocycles. The highest BCUT2D eigenvalue weighted by molar-refractivity contribution is 6.31. The van der Waals surface area contributed by atoms with Gasteiger partial charge >= 0.3 is 5.91 Å². The van der Waals surface area contributed by atoms with Crippen LogP contribution in [0.15, 0.2) is 66.0 Å². The Hall–Kier alpha value is -3.82. The quantitative estimate of drug-likeness (QED) is 0.284. The first-order valence-corrected chi connectivity index (χ1v) is 12.2. The molecule has 0 fully saturated rings. The number of benzene rings is 3. The monoisotopic (exact) mass is 523 g/mol. The van der Waals surface area contributed by atoms with Gasteiger partial charge in [0.2, 0.25) is 0 Å². The van der Waals surface area contributed by atoms with Crippen molar-refractivity contribution >= 4 is 51.2 Å². The predicted molar refractivity (Wildman–Crippen MR) is 145 cm³/mol. The maximum atomic E-state index is 14.0. The van der Waals surface area contributed by atoms with Crippen molar-refractivity contribution in [3.05, 3.63) is 82.1 Å². The molecule has 4 aromatic rings. The molecule has 0 unspecified atom stereocenters. The Kier molecular flexibility index (Phi) is 7.56. The summed E-state index contributed by atoms with van der Waals surface area (Å²) in [5, 5.41) is 10.6. The van der Waals surface area contributed by atoms with Crippen molar-refractivity contribution < 1.29 is 13.9 Å². The number of hydrogen-bond donors (Lipinski definition) is 1. The molecule has 0 aliphatic carbocycles. The molecule has 0 saturated heterocycles. The predicted octanol–water partition coefficient (Wildman–Crippen LogP) is 6.98. The van der Waals surface area contributed by atoms with E-state index in [0.717, 1.165) is 33.7 Å². The van der Waals surface area contributed by atoms with E-state index in [1.807, 2.05) is 26.0 Å². The number of aromatic nitrogens is 2. The van der Waals surface area contributed by atoms with E-state index < -0.39 is 17.3 Å². The van der Waals surface area contributed by atoms with E-state index in [4.69, 9.17) is 16.3 Å². The van der Waals surface area contributed by atoms with Crippen LogP contribution in [0.5, 0.6) is 0 Å². The number of nitrogens with zero attached hydrogens (tertiary/aromatic N) is 4. The number of halogens is 2. The zero-order chi connectivity index (χ0) is 26.7. The van der Waals surface area contributed by atoms with Gasteiger partial charge in [-0.3, -0.25) is 9.89 Å². The molecule has 1 atom stereocenters. The van der Waals surface area contributed by atoms with Crippen molar-refractivity contribution in [3.8, 4) is 0 Å². The molecule has 1 aromatic heterocycles. The summed E-state index contributed by atoms with van der Waals surface area (Å²) in [4.78, 5) is 26.6. The number of aromatic amines is 1. The molecule has 5 rings (SSSR count). The fraction of sp³-hybridized carbons (Fsp3) is 0.259. The van der Waals surface area contributed by atoms with Gasteiger partial charge in [-0.05, 0) is 61.5 Å². The van der Waals surface area contributed by atoms with Crippen LogP contribution in [0.2, 0.25) is 5.02 Å². The summed E-state index contributed by atoms with van der Waals surface area (Å²) < 4.78 is 19.7. The van der Waals surface area contributed by atoms with Crippen molar-refractivity contribution in [2.45, 2.75) is 26.3 Å². The van der Waals surface area contributed by atoms with Gasteiger partial charge in [-0.15, -0.1) is 4.91 Å². The van der Waals surface area contributed by atoms with Gasteiger partial charge < -0.3 is 14.5 Å². The third-order valence-corrected chi connectivity index (χ3v) is 6.52. The molecule has 37 heavy (non-hydrogen) atoms. The minimum atomic E-state index is -0.821. The number of H-pyrrole nitrogens is 1. The minimum absolute atomic E-state index is 0.0275. The van der Waals surface area contributed by atoms with E-state index in [2.05, 4.69) is 32.1 Å². The number of rotatable bonds is 5. The number of carbonyl (C=O) groups excluding carboxylic acids is 1.